The average molecular weight is 419 g/mol. The van der Waals surface area contributed by atoms with Gasteiger partial charge in [0.15, 0.2) is 16.6 Å². The first-order chi connectivity index (χ1) is 11.9. The van der Waals surface area contributed by atoms with Crippen molar-refractivity contribution in [2.45, 2.75) is 6.92 Å². The van der Waals surface area contributed by atoms with E-state index in [-0.39, 0.29) is 17.4 Å². The Labute approximate surface area is 159 Å². The Hall–Kier alpha value is -2.38. The van der Waals surface area contributed by atoms with Crippen LogP contribution in [0.4, 0.5) is 5.69 Å². The van der Waals surface area contributed by atoms with Gasteiger partial charge in [-0.2, -0.15) is 0 Å². The molecule has 0 atom stereocenters. The molecular formula is C18H15BrN2O3S. The average Bonchev–Trinajstić information content (AvgIpc) is 2.85. The van der Waals surface area contributed by atoms with Crippen LogP contribution in [-0.2, 0) is 4.79 Å². The number of hydrogen-bond acceptors (Lipinski definition) is 4. The summed E-state index contributed by atoms with van der Waals surface area (Å²) in [7, 11) is 1.46. The third-order valence-electron chi connectivity index (χ3n) is 3.82. The lowest BCUT2D eigenvalue weighted by Crippen LogP contribution is -2.30. The van der Waals surface area contributed by atoms with E-state index in [1.54, 1.807) is 18.2 Å². The fraction of sp³-hybridized carbons (Fsp3) is 0.111. The molecule has 2 aromatic rings. The highest BCUT2D eigenvalue weighted by atomic mass is 79.9. The number of methoxy groups -OCH3 is 1. The first-order valence-corrected chi connectivity index (χ1v) is 8.61. The maximum Gasteiger partial charge on any atom is 0.281 e. The number of nitrogens with zero attached hydrogens (tertiary/aromatic N) is 1. The van der Waals surface area contributed by atoms with Crippen molar-refractivity contribution in [3.63, 3.8) is 0 Å². The first-order valence-electron chi connectivity index (χ1n) is 7.41. The van der Waals surface area contributed by atoms with Crippen molar-refractivity contribution >= 4 is 50.9 Å². The number of carbonyl (C=O) groups is 1. The molecule has 1 fully saturated rings. The van der Waals surface area contributed by atoms with Crippen molar-refractivity contribution in [2.24, 2.45) is 0 Å². The number of thiocarbonyl (C=S) groups is 1. The van der Waals surface area contributed by atoms with Crippen LogP contribution in [0.15, 0.2) is 46.6 Å². The minimum absolute atomic E-state index is 0.0481. The Morgan fingerprint density at radius 2 is 2.04 bits per heavy atom. The van der Waals surface area contributed by atoms with Crippen LogP contribution in [0.1, 0.15) is 11.1 Å². The number of anilines is 1. The van der Waals surface area contributed by atoms with Crippen LogP contribution in [0.5, 0.6) is 11.5 Å². The Kier molecular flexibility index (Phi) is 4.78. The van der Waals surface area contributed by atoms with Crippen molar-refractivity contribution in [1.82, 2.24) is 5.32 Å². The summed E-state index contributed by atoms with van der Waals surface area (Å²) >= 11 is 8.68. The van der Waals surface area contributed by atoms with Gasteiger partial charge in [0.1, 0.15) is 5.70 Å². The number of carbonyl (C=O) groups excluding carboxylic acids is 1. The minimum Gasteiger partial charge on any atom is -0.504 e. The Bertz CT molecular complexity index is 911. The second-order valence-electron chi connectivity index (χ2n) is 5.46. The monoisotopic (exact) mass is 418 g/mol. The number of benzene rings is 2. The molecule has 25 heavy (non-hydrogen) atoms. The molecule has 1 aliphatic rings. The van der Waals surface area contributed by atoms with Gasteiger partial charge in [0.25, 0.3) is 5.91 Å². The molecular weight excluding hydrogens is 404 g/mol. The molecule has 0 saturated carbocycles. The summed E-state index contributed by atoms with van der Waals surface area (Å²) in [6.07, 6.45) is 1.55. The second-order valence-corrected chi connectivity index (χ2v) is 6.76. The highest BCUT2D eigenvalue weighted by Gasteiger charge is 2.33. The molecule has 1 amide bonds. The van der Waals surface area contributed by atoms with Gasteiger partial charge in [-0.15, -0.1) is 0 Å². The van der Waals surface area contributed by atoms with E-state index in [4.69, 9.17) is 17.0 Å². The van der Waals surface area contributed by atoms with Gasteiger partial charge in [-0.3, -0.25) is 9.69 Å². The number of hydrogen-bond donors (Lipinski definition) is 2. The van der Waals surface area contributed by atoms with E-state index >= 15 is 0 Å². The van der Waals surface area contributed by atoms with Crippen LogP contribution in [0.3, 0.4) is 0 Å². The number of phenols is 1. The minimum atomic E-state index is -0.280. The molecule has 0 aromatic heterocycles. The SMILES string of the molecule is COc1cc(Br)cc(/C=C2/NC(=S)N(c3ccccc3C)C2=O)c1O. The first kappa shape index (κ1) is 17.4. The van der Waals surface area contributed by atoms with Gasteiger partial charge in [0.05, 0.1) is 12.8 Å². The largest absolute Gasteiger partial charge is 0.504 e. The second kappa shape index (κ2) is 6.85. The molecule has 2 aromatic carbocycles. The fourth-order valence-corrected chi connectivity index (χ4v) is 3.33. The number of aryl methyl sites for hydroxylation is 1. The summed E-state index contributed by atoms with van der Waals surface area (Å²) in [5.74, 6) is -0.0179. The van der Waals surface area contributed by atoms with E-state index in [0.717, 1.165) is 15.7 Å². The highest BCUT2D eigenvalue weighted by molar-refractivity contribution is 9.10. The fourth-order valence-electron chi connectivity index (χ4n) is 2.58. The van der Waals surface area contributed by atoms with Gasteiger partial charge >= 0.3 is 0 Å². The van der Waals surface area contributed by atoms with Gasteiger partial charge < -0.3 is 15.2 Å². The molecule has 0 aliphatic carbocycles. The van der Waals surface area contributed by atoms with Crippen LogP contribution >= 0.6 is 28.1 Å². The molecule has 0 unspecified atom stereocenters. The number of rotatable bonds is 3. The van der Waals surface area contributed by atoms with E-state index in [2.05, 4.69) is 21.2 Å². The van der Waals surface area contributed by atoms with Crippen molar-refractivity contribution in [3.05, 3.63) is 57.7 Å². The Morgan fingerprint density at radius 1 is 1.32 bits per heavy atom. The van der Waals surface area contributed by atoms with Crippen LogP contribution in [0.25, 0.3) is 6.08 Å². The molecule has 0 spiro atoms. The molecule has 7 heteroatoms. The smallest absolute Gasteiger partial charge is 0.281 e. The maximum absolute atomic E-state index is 12.8. The zero-order chi connectivity index (χ0) is 18.1. The van der Waals surface area contributed by atoms with Gasteiger partial charge in [-0.05, 0) is 49.0 Å². The topological polar surface area (TPSA) is 61.8 Å². The van der Waals surface area contributed by atoms with Crippen molar-refractivity contribution in [2.75, 3.05) is 12.0 Å². The number of aromatic hydroxyl groups is 1. The van der Waals surface area contributed by atoms with Crippen molar-refractivity contribution in [1.29, 1.82) is 0 Å². The molecule has 1 heterocycles. The normalized spacial score (nSPS) is 15.6. The van der Waals surface area contributed by atoms with Crippen LogP contribution in [-0.4, -0.2) is 23.2 Å². The van der Waals surface area contributed by atoms with Crippen molar-refractivity contribution < 1.29 is 14.6 Å². The zero-order valence-corrected chi connectivity index (χ0v) is 15.9. The summed E-state index contributed by atoms with van der Waals surface area (Å²) in [6, 6.07) is 10.8. The molecule has 3 rings (SSSR count). The molecule has 2 N–H and O–H groups in total. The summed E-state index contributed by atoms with van der Waals surface area (Å²) < 4.78 is 5.85. The molecule has 1 aliphatic heterocycles. The zero-order valence-electron chi connectivity index (χ0n) is 13.5. The predicted molar refractivity (Wildman–Crippen MR) is 105 cm³/mol. The Morgan fingerprint density at radius 3 is 2.72 bits per heavy atom. The molecule has 128 valence electrons. The van der Waals surface area contributed by atoms with E-state index < -0.39 is 0 Å². The number of phenolic OH excluding ortho intramolecular Hbond substituents is 1. The van der Waals surface area contributed by atoms with Crippen LogP contribution in [0.2, 0.25) is 0 Å². The predicted octanol–water partition coefficient (Wildman–Crippen LogP) is 3.73. The molecule has 0 bridgehead atoms. The lowest BCUT2D eigenvalue weighted by Gasteiger charge is -2.16. The lowest BCUT2D eigenvalue weighted by molar-refractivity contribution is -0.113. The highest BCUT2D eigenvalue weighted by Crippen LogP contribution is 2.35. The molecule has 0 radical (unpaired) electrons. The summed E-state index contributed by atoms with van der Waals surface area (Å²) in [4.78, 5) is 14.3. The number of amides is 1. The van der Waals surface area contributed by atoms with E-state index in [1.165, 1.54) is 12.0 Å². The van der Waals surface area contributed by atoms with Crippen LogP contribution < -0.4 is 15.0 Å². The van der Waals surface area contributed by atoms with Gasteiger partial charge in [-0.25, -0.2) is 0 Å². The summed E-state index contributed by atoms with van der Waals surface area (Å²) in [6.45, 7) is 1.91. The number of para-hydroxylation sites is 1. The number of halogens is 1. The summed E-state index contributed by atoms with van der Waals surface area (Å²) in [5, 5.41) is 13.5. The van der Waals surface area contributed by atoms with Gasteiger partial charge in [-0.1, -0.05) is 34.1 Å². The number of ether oxygens (including phenoxy) is 1. The standard InChI is InChI=1S/C18H15BrN2O3S/c1-10-5-3-4-6-14(10)21-17(23)13(20-18(21)25)8-11-7-12(19)9-15(24-2)16(11)22/h3-9,22H,1-2H3,(H,20,25)/b13-8+. The van der Waals surface area contributed by atoms with Crippen LogP contribution in [0, 0.1) is 6.92 Å². The third-order valence-corrected chi connectivity index (χ3v) is 4.57. The molecule has 1 saturated heterocycles. The quantitative estimate of drug-likeness (QED) is 0.587. The van der Waals surface area contributed by atoms with E-state index in [9.17, 15) is 9.90 Å². The van der Waals surface area contributed by atoms with Crippen molar-refractivity contribution in [3.8, 4) is 11.5 Å². The van der Waals surface area contributed by atoms with E-state index in [1.807, 2.05) is 31.2 Å². The molecule has 5 nitrogen and oxygen atoms in total. The third kappa shape index (κ3) is 3.25. The number of nitrogens with one attached hydrogen (secondary N) is 1. The Balaban J connectivity index is 2.02. The van der Waals surface area contributed by atoms with Gasteiger partial charge in [0.2, 0.25) is 0 Å². The van der Waals surface area contributed by atoms with Gasteiger partial charge in [0, 0.05) is 10.0 Å². The lowest BCUT2D eigenvalue weighted by atomic mass is 10.1. The maximum atomic E-state index is 12.8. The van der Waals surface area contributed by atoms with E-state index in [0.29, 0.717) is 16.4 Å². The summed E-state index contributed by atoms with van der Waals surface area (Å²) in [5.41, 5.74) is 2.39.